The van der Waals surface area contributed by atoms with Gasteiger partial charge < -0.3 is 20.3 Å². The molecule has 2 aliphatic rings. The lowest BCUT2D eigenvalue weighted by molar-refractivity contribution is -0.136. The molecule has 0 unspecified atom stereocenters. The third-order valence-corrected chi connectivity index (χ3v) is 5.25. The second kappa shape index (κ2) is 6.02. The number of nitrogens with one attached hydrogen (secondary N) is 2. The predicted molar refractivity (Wildman–Crippen MR) is 93.6 cm³/mol. The van der Waals surface area contributed by atoms with Crippen LogP contribution in [0.15, 0.2) is 18.5 Å². The Morgan fingerprint density at radius 2 is 2.27 bits per heavy atom. The molecule has 3 heterocycles. The van der Waals surface area contributed by atoms with Crippen molar-refractivity contribution in [2.24, 2.45) is 5.41 Å². The summed E-state index contributed by atoms with van der Waals surface area (Å²) in [4.78, 5) is 33.1. The van der Waals surface area contributed by atoms with E-state index in [0.29, 0.717) is 42.7 Å². The van der Waals surface area contributed by atoms with Crippen molar-refractivity contribution in [3.8, 4) is 6.07 Å². The second-order valence-corrected chi connectivity index (χ2v) is 7.02. The van der Waals surface area contributed by atoms with E-state index in [1.165, 1.54) is 6.20 Å². The number of carboxylic acids is 1. The van der Waals surface area contributed by atoms with Gasteiger partial charge >= 0.3 is 5.97 Å². The number of carbonyl (C=O) groups is 2. The average Bonchev–Trinajstić information content (AvgIpc) is 3.30. The van der Waals surface area contributed by atoms with Gasteiger partial charge in [-0.1, -0.05) is 0 Å². The summed E-state index contributed by atoms with van der Waals surface area (Å²) >= 11 is 0. The first-order valence-corrected chi connectivity index (χ1v) is 8.70. The van der Waals surface area contributed by atoms with Gasteiger partial charge in [-0.3, -0.25) is 4.79 Å². The number of hydrogen-bond donors (Lipinski definition) is 3. The summed E-state index contributed by atoms with van der Waals surface area (Å²) in [5, 5.41) is 22.8. The number of rotatable bonds is 4. The lowest BCUT2D eigenvalue weighted by Crippen LogP contribution is -2.47. The maximum atomic E-state index is 12.6. The Bertz CT molecular complexity index is 925. The molecule has 1 aliphatic heterocycles. The number of nitriles is 1. The van der Waals surface area contributed by atoms with Crippen LogP contribution in [0.2, 0.25) is 0 Å². The first-order chi connectivity index (χ1) is 12.5. The van der Waals surface area contributed by atoms with Gasteiger partial charge in [0.1, 0.15) is 16.6 Å². The molecule has 4 rings (SSSR count). The van der Waals surface area contributed by atoms with Crippen LogP contribution in [0, 0.1) is 16.7 Å². The van der Waals surface area contributed by atoms with E-state index in [0.717, 1.165) is 12.8 Å². The number of carbonyl (C=O) groups excluding carboxylic acids is 1. The van der Waals surface area contributed by atoms with E-state index in [9.17, 15) is 20.0 Å². The fraction of sp³-hybridized carbons (Fsp3) is 0.444. The molecule has 26 heavy (non-hydrogen) atoms. The second-order valence-electron chi connectivity index (χ2n) is 7.02. The molecule has 1 atom stereocenters. The molecule has 2 fully saturated rings. The van der Waals surface area contributed by atoms with Gasteiger partial charge in [0, 0.05) is 36.9 Å². The number of pyridine rings is 1. The molecule has 3 N–H and O–H groups in total. The van der Waals surface area contributed by atoms with Crippen molar-refractivity contribution in [2.75, 3.05) is 18.4 Å². The zero-order valence-corrected chi connectivity index (χ0v) is 14.2. The van der Waals surface area contributed by atoms with Crippen LogP contribution in [-0.2, 0) is 4.79 Å². The molecule has 0 bridgehead atoms. The van der Waals surface area contributed by atoms with Crippen molar-refractivity contribution in [1.82, 2.24) is 14.9 Å². The van der Waals surface area contributed by atoms with Crippen molar-refractivity contribution < 1.29 is 14.7 Å². The molecule has 134 valence electrons. The summed E-state index contributed by atoms with van der Waals surface area (Å²) in [6, 6.07) is 3.88. The lowest BCUT2D eigenvalue weighted by atomic mass is 10.0. The van der Waals surface area contributed by atoms with Crippen LogP contribution in [0.25, 0.3) is 11.0 Å². The summed E-state index contributed by atoms with van der Waals surface area (Å²) in [7, 11) is 0. The van der Waals surface area contributed by atoms with E-state index in [4.69, 9.17) is 0 Å². The third kappa shape index (κ3) is 2.65. The largest absolute Gasteiger partial charge is 0.478 e. The van der Waals surface area contributed by atoms with Gasteiger partial charge in [0.2, 0.25) is 5.91 Å². The van der Waals surface area contributed by atoms with Crippen LogP contribution < -0.4 is 5.32 Å². The molecule has 8 heteroatoms. The zero-order valence-electron chi connectivity index (χ0n) is 14.2. The molecule has 1 amide bonds. The number of anilines is 1. The van der Waals surface area contributed by atoms with Crippen LogP contribution >= 0.6 is 0 Å². The minimum atomic E-state index is -1.05. The first kappa shape index (κ1) is 16.4. The quantitative estimate of drug-likeness (QED) is 0.772. The summed E-state index contributed by atoms with van der Waals surface area (Å²) in [5.41, 5.74) is 0.418. The summed E-state index contributed by atoms with van der Waals surface area (Å²) < 4.78 is 0. The molecule has 0 spiro atoms. The standard InChI is InChI=1S/C18H19N5O3/c19-10-18(4-5-18)17(26)23-7-1-2-11(9-23)22-14-12-3-6-20-15(12)21-8-13(14)16(24)25/h3,6,8,11H,1-2,4-5,7,9H2,(H,24,25)(H2,20,21,22)/t11-/m1/s1. The first-order valence-electron chi connectivity index (χ1n) is 8.70. The Morgan fingerprint density at radius 3 is 2.96 bits per heavy atom. The smallest absolute Gasteiger partial charge is 0.339 e. The number of aromatic carboxylic acids is 1. The number of hydrogen-bond acceptors (Lipinski definition) is 5. The highest BCUT2D eigenvalue weighted by atomic mass is 16.4. The van der Waals surface area contributed by atoms with E-state index in [2.05, 4.69) is 21.4 Å². The van der Waals surface area contributed by atoms with E-state index < -0.39 is 11.4 Å². The van der Waals surface area contributed by atoms with Crippen LogP contribution in [-0.4, -0.2) is 51.0 Å². The lowest BCUT2D eigenvalue weighted by Gasteiger charge is -2.35. The fourth-order valence-electron chi connectivity index (χ4n) is 3.61. The number of carboxylic acid groups (broad SMARTS) is 1. The summed E-state index contributed by atoms with van der Waals surface area (Å²) in [6.45, 7) is 1.11. The maximum absolute atomic E-state index is 12.6. The summed E-state index contributed by atoms with van der Waals surface area (Å²) in [5.74, 6) is -1.14. The number of piperidine rings is 1. The molecule has 1 saturated carbocycles. The highest BCUT2D eigenvalue weighted by molar-refractivity contribution is 6.03. The predicted octanol–water partition coefficient (Wildman–Crippen LogP) is 1.97. The molecule has 8 nitrogen and oxygen atoms in total. The van der Waals surface area contributed by atoms with Gasteiger partial charge in [-0.15, -0.1) is 0 Å². The van der Waals surface area contributed by atoms with Gasteiger partial charge in [-0.05, 0) is 31.7 Å². The number of aromatic nitrogens is 2. The van der Waals surface area contributed by atoms with Gasteiger partial charge in [0.25, 0.3) is 0 Å². The van der Waals surface area contributed by atoms with Crippen molar-refractivity contribution in [3.05, 3.63) is 24.0 Å². The van der Waals surface area contributed by atoms with Gasteiger partial charge in [0.05, 0.1) is 11.8 Å². The van der Waals surface area contributed by atoms with Gasteiger partial charge in [-0.2, -0.15) is 5.26 Å². The highest BCUT2D eigenvalue weighted by Crippen LogP contribution is 2.46. The molecule has 1 aliphatic carbocycles. The number of nitrogens with zero attached hydrogens (tertiary/aromatic N) is 3. The third-order valence-electron chi connectivity index (χ3n) is 5.25. The SMILES string of the molecule is N#CC1(C(=O)N2CCC[C@@H](Nc3c(C(=O)O)cnc4[nH]ccc34)C2)CC1. The van der Waals surface area contributed by atoms with Crippen molar-refractivity contribution in [2.45, 2.75) is 31.7 Å². The minimum absolute atomic E-state index is 0.0687. The van der Waals surface area contributed by atoms with Crippen LogP contribution in [0.1, 0.15) is 36.0 Å². The van der Waals surface area contributed by atoms with Crippen molar-refractivity contribution in [1.29, 1.82) is 5.26 Å². The fourth-order valence-corrected chi connectivity index (χ4v) is 3.61. The van der Waals surface area contributed by atoms with Crippen molar-refractivity contribution in [3.63, 3.8) is 0 Å². The molecule has 0 aromatic carbocycles. The zero-order chi connectivity index (χ0) is 18.3. The van der Waals surface area contributed by atoms with E-state index >= 15 is 0 Å². The Kier molecular flexibility index (Phi) is 3.80. The minimum Gasteiger partial charge on any atom is -0.478 e. The Hall–Kier alpha value is -3.08. The topological polar surface area (TPSA) is 122 Å². The molecule has 2 aromatic heterocycles. The van der Waals surface area contributed by atoms with Gasteiger partial charge in [0.15, 0.2) is 0 Å². The number of amides is 1. The molecule has 2 aromatic rings. The normalized spacial score (nSPS) is 21.2. The number of H-pyrrole nitrogens is 1. The maximum Gasteiger partial charge on any atom is 0.339 e. The molecule has 1 saturated heterocycles. The van der Waals surface area contributed by atoms with Crippen LogP contribution in [0.3, 0.4) is 0 Å². The van der Waals surface area contributed by atoms with E-state index in [1.807, 2.05) is 0 Å². The van der Waals surface area contributed by atoms with Crippen LogP contribution in [0.4, 0.5) is 5.69 Å². The molecular formula is C18H19N5O3. The molecular weight excluding hydrogens is 334 g/mol. The number of fused-ring (bicyclic) bond motifs is 1. The Labute approximate surface area is 149 Å². The number of aromatic amines is 1. The Morgan fingerprint density at radius 1 is 1.46 bits per heavy atom. The Balaban J connectivity index is 1.58. The molecule has 0 radical (unpaired) electrons. The monoisotopic (exact) mass is 353 g/mol. The van der Waals surface area contributed by atoms with E-state index in [-0.39, 0.29) is 17.5 Å². The summed E-state index contributed by atoms with van der Waals surface area (Å²) in [6.07, 6.45) is 5.97. The number of likely N-dealkylation sites (tertiary alicyclic amines) is 1. The van der Waals surface area contributed by atoms with Crippen molar-refractivity contribution >= 4 is 28.6 Å². The van der Waals surface area contributed by atoms with E-state index in [1.54, 1.807) is 17.2 Å². The highest BCUT2D eigenvalue weighted by Gasteiger charge is 2.53. The van der Waals surface area contributed by atoms with Gasteiger partial charge in [-0.25, -0.2) is 9.78 Å². The van der Waals surface area contributed by atoms with Crippen LogP contribution in [0.5, 0.6) is 0 Å². The average molecular weight is 353 g/mol.